The van der Waals surface area contributed by atoms with Crippen LogP contribution >= 0.6 is 0 Å². The molecule has 0 radical (unpaired) electrons. The van der Waals surface area contributed by atoms with Crippen LogP contribution in [0.25, 0.3) is 10.8 Å². The molecular formula is C17H19NO2. The average Bonchev–Trinajstić information content (AvgIpc) is 2.95. The van der Waals surface area contributed by atoms with Gasteiger partial charge in [0.05, 0.1) is 0 Å². The van der Waals surface area contributed by atoms with Gasteiger partial charge >= 0.3 is 0 Å². The van der Waals surface area contributed by atoms with E-state index in [9.17, 15) is 4.79 Å². The number of aliphatic hydroxyl groups is 1. The molecule has 1 amide bonds. The number of likely N-dealkylation sites (tertiary alicyclic amines) is 1. The van der Waals surface area contributed by atoms with Crippen LogP contribution in [0.5, 0.6) is 0 Å². The molecule has 0 aromatic heterocycles. The van der Waals surface area contributed by atoms with Gasteiger partial charge in [0, 0.05) is 25.3 Å². The fraction of sp³-hybridized carbons (Fsp3) is 0.353. The van der Waals surface area contributed by atoms with Crippen LogP contribution in [0.3, 0.4) is 0 Å². The molecule has 0 saturated carbocycles. The fourth-order valence-electron chi connectivity index (χ4n) is 3.02. The predicted molar refractivity (Wildman–Crippen MR) is 79.7 cm³/mol. The molecule has 20 heavy (non-hydrogen) atoms. The molecule has 2 aromatic rings. The van der Waals surface area contributed by atoms with Crippen molar-refractivity contribution in [1.29, 1.82) is 0 Å². The quantitative estimate of drug-likeness (QED) is 0.930. The van der Waals surface area contributed by atoms with E-state index < -0.39 is 0 Å². The van der Waals surface area contributed by atoms with Crippen LogP contribution in [-0.4, -0.2) is 35.6 Å². The molecule has 1 N–H and O–H groups in total. The summed E-state index contributed by atoms with van der Waals surface area (Å²) in [5.41, 5.74) is 0.785. The normalized spacial score (nSPS) is 18.6. The average molecular weight is 269 g/mol. The largest absolute Gasteiger partial charge is 0.396 e. The first-order valence-electron chi connectivity index (χ1n) is 7.17. The lowest BCUT2D eigenvalue weighted by Crippen LogP contribution is -2.29. The number of fused-ring (bicyclic) bond motifs is 1. The van der Waals surface area contributed by atoms with E-state index >= 15 is 0 Å². The van der Waals surface area contributed by atoms with Crippen molar-refractivity contribution >= 4 is 16.7 Å². The minimum atomic E-state index is 0.113. The van der Waals surface area contributed by atoms with Gasteiger partial charge in [-0.25, -0.2) is 0 Å². The Hall–Kier alpha value is -1.87. The standard InChI is InChI=1S/C17H19NO2/c19-11-9-13-8-10-18(12-13)17(20)16-7-3-5-14-4-1-2-6-15(14)16/h1-7,13,19H,8-12H2. The van der Waals surface area contributed by atoms with Gasteiger partial charge in [-0.15, -0.1) is 0 Å². The molecule has 0 bridgehead atoms. The molecule has 104 valence electrons. The molecule has 1 saturated heterocycles. The zero-order valence-corrected chi connectivity index (χ0v) is 11.5. The van der Waals surface area contributed by atoms with E-state index in [1.165, 1.54) is 0 Å². The molecule has 2 aromatic carbocycles. The minimum Gasteiger partial charge on any atom is -0.396 e. The molecule has 1 unspecified atom stereocenters. The Labute approximate surface area is 118 Å². The first-order valence-corrected chi connectivity index (χ1v) is 7.17. The van der Waals surface area contributed by atoms with Crippen molar-refractivity contribution in [2.75, 3.05) is 19.7 Å². The molecule has 3 heteroatoms. The Morgan fingerprint density at radius 1 is 1.20 bits per heavy atom. The number of hydrogen-bond donors (Lipinski definition) is 1. The number of benzene rings is 2. The smallest absolute Gasteiger partial charge is 0.254 e. The second-order valence-electron chi connectivity index (χ2n) is 5.44. The van der Waals surface area contributed by atoms with Gasteiger partial charge in [-0.1, -0.05) is 36.4 Å². The lowest BCUT2D eigenvalue weighted by Gasteiger charge is -2.17. The highest BCUT2D eigenvalue weighted by Crippen LogP contribution is 2.24. The summed E-state index contributed by atoms with van der Waals surface area (Å²) in [7, 11) is 0. The van der Waals surface area contributed by atoms with Crippen molar-refractivity contribution in [2.45, 2.75) is 12.8 Å². The van der Waals surface area contributed by atoms with Crippen molar-refractivity contribution in [3.63, 3.8) is 0 Å². The summed E-state index contributed by atoms with van der Waals surface area (Å²) in [5.74, 6) is 0.557. The lowest BCUT2D eigenvalue weighted by molar-refractivity contribution is 0.0786. The Kier molecular flexibility index (Phi) is 3.70. The Balaban J connectivity index is 1.86. The second-order valence-corrected chi connectivity index (χ2v) is 5.44. The highest BCUT2D eigenvalue weighted by molar-refractivity contribution is 6.07. The minimum absolute atomic E-state index is 0.113. The highest BCUT2D eigenvalue weighted by Gasteiger charge is 2.27. The molecule has 1 atom stereocenters. The van der Waals surface area contributed by atoms with Crippen molar-refractivity contribution in [2.24, 2.45) is 5.92 Å². The number of amides is 1. The number of nitrogens with zero attached hydrogens (tertiary/aromatic N) is 1. The fourth-order valence-corrected chi connectivity index (χ4v) is 3.02. The Morgan fingerprint density at radius 3 is 2.85 bits per heavy atom. The maximum atomic E-state index is 12.7. The Morgan fingerprint density at radius 2 is 2.00 bits per heavy atom. The zero-order chi connectivity index (χ0) is 13.9. The molecule has 0 aliphatic carbocycles. The summed E-state index contributed by atoms with van der Waals surface area (Å²) in [6, 6.07) is 13.9. The zero-order valence-electron chi connectivity index (χ0n) is 11.5. The van der Waals surface area contributed by atoms with E-state index in [1.807, 2.05) is 47.4 Å². The molecule has 1 aliphatic rings. The SMILES string of the molecule is O=C(c1cccc2ccccc12)N1CCC(CCO)C1. The number of rotatable bonds is 3. The number of hydrogen-bond acceptors (Lipinski definition) is 2. The van der Waals surface area contributed by atoms with Crippen molar-refractivity contribution in [3.05, 3.63) is 48.0 Å². The number of aliphatic hydroxyl groups excluding tert-OH is 1. The molecule has 1 heterocycles. The Bertz CT molecular complexity index is 618. The molecule has 1 fully saturated rings. The van der Waals surface area contributed by atoms with Crippen LogP contribution in [-0.2, 0) is 0 Å². The van der Waals surface area contributed by atoms with Crippen LogP contribution in [0.1, 0.15) is 23.2 Å². The third-order valence-corrected chi connectivity index (χ3v) is 4.13. The first kappa shape index (κ1) is 13.1. The van der Waals surface area contributed by atoms with Gasteiger partial charge in [0.15, 0.2) is 0 Å². The van der Waals surface area contributed by atoms with Crippen LogP contribution in [0.2, 0.25) is 0 Å². The predicted octanol–water partition coefficient (Wildman–Crippen LogP) is 2.68. The van der Waals surface area contributed by atoms with Gasteiger partial charge in [0.2, 0.25) is 0 Å². The van der Waals surface area contributed by atoms with E-state index in [0.29, 0.717) is 5.92 Å². The van der Waals surface area contributed by atoms with Crippen LogP contribution in [0, 0.1) is 5.92 Å². The van der Waals surface area contributed by atoms with Gasteiger partial charge in [-0.3, -0.25) is 4.79 Å². The van der Waals surface area contributed by atoms with Gasteiger partial charge < -0.3 is 10.0 Å². The van der Waals surface area contributed by atoms with Crippen LogP contribution < -0.4 is 0 Å². The van der Waals surface area contributed by atoms with Crippen molar-refractivity contribution in [3.8, 4) is 0 Å². The maximum absolute atomic E-state index is 12.7. The van der Waals surface area contributed by atoms with E-state index in [1.54, 1.807) is 0 Å². The molecular weight excluding hydrogens is 250 g/mol. The van der Waals surface area contributed by atoms with Crippen LogP contribution in [0.15, 0.2) is 42.5 Å². The number of carbonyl (C=O) groups excluding carboxylic acids is 1. The van der Waals surface area contributed by atoms with Gasteiger partial charge in [-0.05, 0) is 35.6 Å². The molecule has 3 rings (SSSR count). The van der Waals surface area contributed by atoms with Gasteiger partial charge in [0.1, 0.15) is 0 Å². The van der Waals surface area contributed by atoms with Gasteiger partial charge in [-0.2, -0.15) is 0 Å². The third kappa shape index (κ3) is 2.41. The molecule has 1 aliphatic heterocycles. The first-order chi connectivity index (χ1) is 9.79. The van der Waals surface area contributed by atoms with Gasteiger partial charge in [0.25, 0.3) is 5.91 Å². The topological polar surface area (TPSA) is 40.5 Å². The summed E-state index contributed by atoms with van der Waals surface area (Å²) in [6.45, 7) is 1.77. The summed E-state index contributed by atoms with van der Waals surface area (Å²) in [6.07, 6.45) is 1.79. The van der Waals surface area contributed by atoms with Crippen molar-refractivity contribution in [1.82, 2.24) is 4.90 Å². The van der Waals surface area contributed by atoms with Crippen molar-refractivity contribution < 1.29 is 9.90 Å². The van der Waals surface area contributed by atoms with E-state index in [-0.39, 0.29) is 12.5 Å². The lowest BCUT2D eigenvalue weighted by atomic mass is 10.0. The summed E-state index contributed by atoms with van der Waals surface area (Å²) >= 11 is 0. The van der Waals surface area contributed by atoms with E-state index in [2.05, 4.69) is 0 Å². The second kappa shape index (κ2) is 5.63. The van der Waals surface area contributed by atoms with E-state index in [0.717, 1.165) is 42.3 Å². The molecule has 0 spiro atoms. The monoisotopic (exact) mass is 269 g/mol. The molecule has 3 nitrogen and oxygen atoms in total. The summed E-state index contributed by atoms with van der Waals surface area (Å²) in [5, 5.41) is 11.1. The number of carbonyl (C=O) groups is 1. The third-order valence-electron chi connectivity index (χ3n) is 4.13. The maximum Gasteiger partial charge on any atom is 0.254 e. The van der Waals surface area contributed by atoms with Crippen LogP contribution in [0.4, 0.5) is 0 Å². The highest BCUT2D eigenvalue weighted by atomic mass is 16.3. The summed E-state index contributed by atoms with van der Waals surface area (Å²) in [4.78, 5) is 14.6. The van der Waals surface area contributed by atoms with E-state index in [4.69, 9.17) is 5.11 Å². The summed E-state index contributed by atoms with van der Waals surface area (Å²) < 4.78 is 0.